The van der Waals surface area contributed by atoms with Crippen LogP contribution in [0.2, 0.25) is 0 Å². The Hall–Kier alpha value is -1.40. The van der Waals surface area contributed by atoms with E-state index in [-0.39, 0.29) is 23.2 Å². The molecule has 0 amide bonds. The number of carbonyl (C=O) groups is 2. The molecule has 0 aromatic heterocycles. The van der Waals surface area contributed by atoms with Crippen LogP contribution >= 0.6 is 12.4 Å². The van der Waals surface area contributed by atoms with Gasteiger partial charge in [0, 0.05) is 18.9 Å². The maximum Gasteiger partial charge on any atom is 0.535 e. The summed E-state index contributed by atoms with van der Waals surface area (Å²) in [5.74, 6) is 2.76. The lowest BCUT2D eigenvalue weighted by molar-refractivity contribution is -0.117. The number of halogens is 1. The van der Waals surface area contributed by atoms with Gasteiger partial charge in [0.15, 0.2) is 5.78 Å². The van der Waals surface area contributed by atoms with Gasteiger partial charge < -0.3 is 9.64 Å². The lowest BCUT2D eigenvalue weighted by Gasteiger charge is -2.58. The lowest BCUT2D eigenvalue weighted by Crippen LogP contribution is -2.51. The number of allylic oxidation sites excluding steroid dienone is 1. The summed E-state index contributed by atoms with van der Waals surface area (Å²) in [6.45, 7) is 7.84. The van der Waals surface area contributed by atoms with Crippen molar-refractivity contribution in [3.8, 4) is 0 Å². The first-order valence-electron chi connectivity index (χ1n) is 12.4. The molecule has 0 N–H and O–H groups in total. The first-order valence-corrected chi connectivity index (χ1v) is 12.4. The van der Waals surface area contributed by atoms with Gasteiger partial charge in [-0.25, -0.2) is 4.79 Å². The predicted octanol–water partition coefficient (Wildman–Crippen LogP) is 5.65. The van der Waals surface area contributed by atoms with E-state index in [2.05, 4.69) is 19.0 Å². The number of ketones is 1. The molecule has 0 aromatic rings. The van der Waals surface area contributed by atoms with Crippen molar-refractivity contribution in [1.29, 1.82) is 0 Å². The lowest BCUT2D eigenvalue weighted by atomic mass is 9.46. The van der Waals surface area contributed by atoms with E-state index in [1.165, 1.54) is 31.3 Å². The van der Waals surface area contributed by atoms with Crippen LogP contribution in [0, 0.1) is 34.5 Å². The summed E-state index contributed by atoms with van der Waals surface area (Å²) in [5.41, 5.74) is 2.75. The Morgan fingerprint density at radius 1 is 1.12 bits per heavy atom. The van der Waals surface area contributed by atoms with Gasteiger partial charge in [0.1, 0.15) is 6.61 Å². The molecule has 6 nitrogen and oxygen atoms in total. The molecule has 7 heteroatoms. The van der Waals surface area contributed by atoms with Crippen molar-refractivity contribution in [3.63, 3.8) is 0 Å². The van der Waals surface area contributed by atoms with E-state index in [0.29, 0.717) is 43.1 Å². The Morgan fingerprint density at radius 3 is 2.61 bits per heavy atom. The molecule has 186 valence electrons. The van der Waals surface area contributed by atoms with Crippen LogP contribution in [-0.2, 0) is 14.4 Å². The summed E-state index contributed by atoms with van der Waals surface area (Å²) in [5, 5.41) is 4.21. The van der Waals surface area contributed by atoms with Gasteiger partial charge in [-0.05, 0) is 101 Å². The minimum atomic E-state index is -0.721. The fraction of sp³-hybridized carbons (Fsp3) is 0.808. The van der Waals surface area contributed by atoms with Gasteiger partial charge in [-0.1, -0.05) is 24.6 Å². The fourth-order valence-corrected chi connectivity index (χ4v) is 7.76. The number of likely N-dealkylation sites (N-methyl/N-ethyl adjacent to an activating group) is 1. The van der Waals surface area contributed by atoms with Gasteiger partial charge in [0.05, 0.1) is 5.71 Å². The number of oxime groups is 1. The molecule has 33 heavy (non-hydrogen) atoms. The van der Waals surface area contributed by atoms with Crippen LogP contribution in [0.3, 0.4) is 0 Å². The number of fused-ring (bicyclic) bond motifs is 5. The summed E-state index contributed by atoms with van der Waals surface area (Å²) in [4.78, 5) is 31.0. The van der Waals surface area contributed by atoms with Crippen molar-refractivity contribution < 1.29 is 19.2 Å². The summed E-state index contributed by atoms with van der Waals surface area (Å²) in [6, 6.07) is 0. The predicted molar refractivity (Wildman–Crippen MR) is 132 cm³/mol. The molecule has 4 aliphatic rings. The van der Waals surface area contributed by atoms with E-state index in [0.717, 1.165) is 30.9 Å². The van der Waals surface area contributed by atoms with E-state index >= 15 is 0 Å². The normalized spacial score (nSPS) is 37.9. The van der Waals surface area contributed by atoms with Crippen LogP contribution in [-0.4, -0.2) is 49.8 Å². The number of carbonyl (C=O) groups excluding carboxylic acids is 2. The number of hydrogen-bond acceptors (Lipinski definition) is 6. The van der Waals surface area contributed by atoms with E-state index in [1.54, 1.807) is 0 Å². The largest absolute Gasteiger partial charge is 0.535 e. The molecule has 0 radical (unpaired) electrons. The molecule has 0 spiro atoms. The zero-order chi connectivity index (χ0) is 23.1. The number of rotatable bonds is 5. The average Bonchev–Trinajstić information content (AvgIpc) is 3.09. The smallest absolute Gasteiger partial charge is 0.431 e. The highest BCUT2D eigenvalue weighted by Gasteiger charge is 2.59. The van der Waals surface area contributed by atoms with Gasteiger partial charge in [-0.15, -0.1) is 12.4 Å². The summed E-state index contributed by atoms with van der Waals surface area (Å²) < 4.78 is 5.10. The van der Waals surface area contributed by atoms with Gasteiger partial charge >= 0.3 is 6.16 Å². The van der Waals surface area contributed by atoms with Gasteiger partial charge in [0.2, 0.25) is 0 Å². The maximum absolute atomic E-state index is 12.0. The van der Waals surface area contributed by atoms with E-state index in [9.17, 15) is 9.59 Å². The third kappa shape index (κ3) is 4.88. The van der Waals surface area contributed by atoms with Crippen molar-refractivity contribution in [2.24, 2.45) is 39.7 Å². The summed E-state index contributed by atoms with van der Waals surface area (Å²) in [7, 11) is 3.86. The van der Waals surface area contributed by atoms with E-state index in [1.807, 2.05) is 32.0 Å². The zero-order valence-corrected chi connectivity index (χ0v) is 21.7. The zero-order valence-electron chi connectivity index (χ0n) is 20.9. The average molecular weight is 481 g/mol. The Bertz CT molecular complexity index is 825. The van der Waals surface area contributed by atoms with E-state index in [4.69, 9.17) is 9.57 Å². The van der Waals surface area contributed by atoms with Gasteiger partial charge in [0.25, 0.3) is 0 Å². The molecule has 0 heterocycles. The SMILES string of the molecule is C/C(=N\OC(=O)OCCN(C)C)[C@H]1CC[C@H]2[C@@H]3CCC4=CC(=O)CC[C@]4(C)[C@H]3CC[C@]12C.Cl. The van der Waals surface area contributed by atoms with Crippen LogP contribution < -0.4 is 0 Å². The highest BCUT2D eigenvalue weighted by atomic mass is 35.5. The second-order valence-electron chi connectivity index (χ2n) is 11.4. The van der Waals surface area contributed by atoms with E-state index < -0.39 is 6.16 Å². The number of ether oxygens (including phenoxy) is 1. The topological polar surface area (TPSA) is 68.2 Å². The van der Waals surface area contributed by atoms with Crippen molar-refractivity contribution in [2.75, 3.05) is 27.2 Å². The maximum atomic E-state index is 12.0. The van der Waals surface area contributed by atoms with Crippen molar-refractivity contribution in [3.05, 3.63) is 11.6 Å². The first kappa shape index (κ1) is 26.2. The van der Waals surface area contributed by atoms with Crippen molar-refractivity contribution in [1.82, 2.24) is 4.90 Å². The second-order valence-corrected chi connectivity index (χ2v) is 11.4. The van der Waals surface area contributed by atoms with Gasteiger partial charge in [-0.2, -0.15) is 0 Å². The Balaban J connectivity index is 0.00000306. The highest BCUT2D eigenvalue weighted by molar-refractivity contribution is 5.91. The molecule has 3 saturated carbocycles. The fourth-order valence-electron chi connectivity index (χ4n) is 7.76. The molecular formula is C26H41ClN2O4. The van der Waals surface area contributed by atoms with Crippen LogP contribution in [0.4, 0.5) is 4.79 Å². The number of nitrogens with zero attached hydrogens (tertiary/aromatic N) is 2. The molecule has 4 aliphatic carbocycles. The standard InChI is InChI=1S/C26H40N2O4.ClH/c1-17(27-32-24(30)31-15-14-28(4)5)21-8-9-22-20-7-6-18-16-19(29)10-12-25(18,2)23(20)11-13-26(21,22)3;/h16,20-23H,6-15H2,1-5H3;1H/b27-17+;/t20-,21+,22-,23-,25-,26+;/m0./s1. The summed E-state index contributed by atoms with van der Waals surface area (Å²) in [6.07, 6.45) is 10.0. The minimum Gasteiger partial charge on any atom is -0.431 e. The summed E-state index contributed by atoms with van der Waals surface area (Å²) >= 11 is 0. The first-order chi connectivity index (χ1) is 15.1. The second kappa shape index (κ2) is 10.1. The van der Waals surface area contributed by atoms with Crippen LogP contribution in [0.25, 0.3) is 0 Å². The minimum absolute atomic E-state index is 0. The molecule has 3 fully saturated rings. The Kier molecular flexibility index (Phi) is 8.00. The van der Waals surface area contributed by atoms with Crippen molar-refractivity contribution in [2.45, 2.75) is 72.1 Å². The molecule has 0 saturated heterocycles. The van der Waals surface area contributed by atoms with Crippen LogP contribution in [0.1, 0.15) is 72.1 Å². The molecule has 0 aliphatic heterocycles. The number of hydrogen-bond donors (Lipinski definition) is 0. The Morgan fingerprint density at radius 2 is 1.88 bits per heavy atom. The molecule has 0 bridgehead atoms. The molecule has 0 unspecified atom stereocenters. The molecule has 6 atom stereocenters. The third-order valence-corrected chi connectivity index (χ3v) is 9.49. The van der Waals surface area contributed by atoms with Crippen LogP contribution in [0.15, 0.2) is 16.8 Å². The molecule has 4 rings (SSSR count). The highest BCUT2D eigenvalue weighted by Crippen LogP contribution is 2.66. The van der Waals surface area contributed by atoms with Crippen molar-refractivity contribution >= 4 is 30.1 Å². The molecule has 0 aromatic carbocycles. The Labute approximate surface area is 204 Å². The van der Waals surface area contributed by atoms with Gasteiger partial charge in [-0.3, -0.25) is 9.63 Å². The van der Waals surface area contributed by atoms with Crippen LogP contribution in [0.5, 0.6) is 0 Å². The monoisotopic (exact) mass is 480 g/mol. The quantitative estimate of drug-likeness (QED) is 0.220. The third-order valence-electron chi connectivity index (χ3n) is 9.49. The molecular weight excluding hydrogens is 440 g/mol.